The Labute approximate surface area is 141 Å². The second-order valence-corrected chi connectivity index (χ2v) is 7.44. The van der Waals surface area contributed by atoms with Gasteiger partial charge in [0.25, 0.3) is 0 Å². The van der Waals surface area contributed by atoms with Crippen LogP contribution in [0.1, 0.15) is 57.1 Å². The zero-order chi connectivity index (χ0) is 17.0. The maximum absolute atomic E-state index is 12.2. The molecular weight excluding hydrogens is 286 g/mol. The predicted octanol–water partition coefficient (Wildman–Crippen LogP) is 4.82. The molecule has 1 aromatic carbocycles. The fourth-order valence-corrected chi connectivity index (χ4v) is 3.25. The molecule has 2 rings (SSSR count). The summed E-state index contributed by atoms with van der Waals surface area (Å²) in [6.45, 7) is 15.3. The monoisotopic (exact) mass is 315 g/mol. The van der Waals surface area contributed by atoms with Crippen molar-refractivity contribution in [3.63, 3.8) is 0 Å². The first-order valence-corrected chi connectivity index (χ1v) is 8.49. The summed E-state index contributed by atoms with van der Waals surface area (Å²) in [6.07, 6.45) is 2.70. The first-order valence-electron chi connectivity index (χ1n) is 8.49. The van der Waals surface area contributed by atoms with Gasteiger partial charge in [0.15, 0.2) is 0 Å². The predicted molar refractivity (Wildman–Crippen MR) is 94.1 cm³/mol. The van der Waals surface area contributed by atoms with Gasteiger partial charge in [0.05, 0.1) is 0 Å². The molecule has 1 aliphatic heterocycles. The maximum atomic E-state index is 12.2. The quantitative estimate of drug-likeness (QED) is 0.800. The third-order valence-corrected chi connectivity index (χ3v) is 4.48. The topological polar surface area (TPSA) is 29.5 Å². The molecular formula is C20H29NO2. The Morgan fingerprint density at radius 2 is 1.83 bits per heavy atom. The minimum absolute atomic E-state index is 0.191. The zero-order valence-electron chi connectivity index (χ0n) is 14.7. The second-order valence-electron chi connectivity index (χ2n) is 7.44. The summed E-state index contributed by atoms with van der Waals surface area (Å²) >= 11 is 0. The fraction of sp³-hybridized carbons (Fsp3) is 0.550. The molecule has 0 aliphatic carbocycles. The van der Waals surface area contributed by atoms with Crippen LogP contribution in [0, 0.1) is 19.8 Å². The molecule has 0 spiro atoms. The van der Waals surface area contributed by atoms with Gasteiger partial charge in [-0.25, -0.2) is 4.79 Å². The molecule has 2 radical (unpaired) electrons. The van der Waals surface area contributed by atoms with Gasteiger partial charge in [-0.1, -0.05) is 31.2 Å². The first kappa shape index (κ1) is 17.8. The van der Waals surface area contributed by atoms with E-state index in [9.17, 15) is 4.79 Å². The van der Waals surface area contributed by atoms with Crippen LogP contribution < -0.4 is 0 Å². The number of hydrogen-bond donors (Lipinski definition) is 0. The first-order chi connectivity index (χ1) is 10.8. The van der Waals surface area contributed by atoms with Gasteiger partial charge in [-0.3, -0.25) is 0 Å². The summed E-state index contributed by atoms with van der Waals surface area (Å²) in [5, 5.41) is 0. The van der Waals surface area contributed by atoms with E-state index in [1.54, 1.807) is 0 Å². The molecule has 1 heterocycles. The smallest absolute Gasteiger partial charge is 0.410 e. The lowest BCUT2D eigenvalue weighted by Gasteiger charge is -2.36. The molecule has 1 atom stereocenters. The van der Waals surface area contributed by atoms with Gasteiger partial charge in [0.2, 0.25) is 0 Å². The molecule has 0 saturated carbocycles. The standard InChI is InChI=1S/C20H29NO2/c1-6-18(16-9-7-15(2)8-10-16)17-11-13-21(14-12-17)19(22)23-20(3,4)5/h7-10,17-18H,1-2,6,11-14H2,3-5H3. The van der Waals surface area contributed by atoms with E-state index in [0.29, 0.717) is 11.8 Å². The third kappa shape index (κ3) is 4.98. The number of rotatable bonds is 3. The van der Waals surface area contributed by atoms with E-state index >= 15 is 0 Å². The summed E-state index contributed by atoms with van der Waals surface area (Å²) in [4.78, 5) is 14.0. The van der Waals surface area contributed by atoms with Gasteiger partial charge in [-0.2, -0.15) is 0 Å². The van der Waals surface area contributed by atoms with E-state index in [4.69, 9.17) is 4.74 Å². The highest BCUT2D eigenvalue weighted by Crippen LogP contribution is 2.35. The van der Waals surface area contributed by atoms with Crippen molar-refractivity contribution < 1.29 is 9.53 Å². The Hall–Kier alpha value is -1.51. The van der Waals surface area contributed by atoms with Crippen molar-refractivity contribution in [3.05, 3.63) is 49.2 Å². The second kappa shape index (κ2) is 7.37. The van der Waals surface area contributed by atoms with Crippen LogP contribution in [-0.2, 0) is 4.74 Å². The molecule has 126 valence electrons. The van der Waals surface area contributed by atoms with Crippen LogP contribution in [-0.4, -0.2) is 29.7 Å². The Bertz CT molecular complexity index is 507. The molecule has 3 nitrogen and oxygen atoms in total. The van der Waals surface area contributed by atoms with Gasteiger partial charge < -0.3 is 9.64 Å². The minimum atomic E-state index is -0.431. The van der Waals surface area contributed by atoms with Crippen molar-refractivity contribution in [2.24, 2.45) is 5.92 Å². The molecule has 1 saturated heterocycles. The largest absolute Gasteiger partial charge is 0.444 e. The summed E-state index contributed by atoms with van der Waals surface area (Å²) in [6, 6.07) is 8.46. The van der Waals surface area contributed by atoms with Gasteiger partial charge in [-0.05, 0) is 69.9 Å². The van der Waals surface area contributed by atoms with Crippen molar-refractivity contribution in [1.82, 2.24) is 4.90 Å². The fourth-order valence-electron chi connectivity index (χ4n) is 3.25. The number of benzene rings is 1. The molecule has 3 heteroatoms. The summed E-state index contributed by atoms with van der Waals surface area (Å²) in [7, 11) is 0. The molecule has 0 bridgehead atoms. The number of piperidine rings is 1. The van der Waals surface area contributed by atoms with E-state index in [1.165, 1.54) is 5.56 Å². The van der Waals surface area contributed by atoms with Crippen LogP contribution in [0.3, 0.4) is 0 Å². The third-order valence-electron chi connectivity index (χ3n) is 4.48. The van der Waals surface area contributed by atoms with Crippen LogP contribution in [0.25, 0.3) is 0 Å². The van der Waals surface area contributed by atoms with Crippen LogP contribution in [0.5, 0.6) is 0 Å². The SMILES string of the molecule is [CH2]CC(c1ccc([CH2])cc1)C1CCN(C(=O)OC(C)(C)C)CC1. The van der Waals surface area contributed by atoms with Crippen molar-refractivity contribution in [3.8, 4) is 0 Å². The van der Waals surface area contributed by atoms with Crippen LogP contribution in [0.2, 0.25) is 0 Å². The number of amides is 1. The van der Waals surface area contributed by atoms with E-state index in [2.05, 4.69) is 38.1 Å². The van der Waals surface area contributed by atoms with E-state index in [-0.39, 0.29) is 6.09 Å². The van der Waals surface area contributed by atoms with Crippen LogP contribution in [0.15, 0.2) is 24.3 Å². The lowest BCUT2D eigenvalue weighted by Crippen LogP contribution is -2.42. The number of carbonyl (C=O) groups is 1. The molecule has 1 aliphatic rings. The highest BCUT2D eigenvalue weighted by Gasteiger charge is 2.30. The number of carbonyl (C=O) groups excluding carboxylic acids is 1. The number of nitrogens with zero attached hydrogens (tertiary/aromatic N) is 1. The highest BCUT2D eigenvalue weighted by molar-refractivity contribution is 5.68. The normalized spacial score (nSPS) is 17.9. The van der Waals surface area contributed by atoms with Crippen molar-refractivity contribution in [2.75, 3.05) is 13.1 Å². The zero-order valence-corrected chi connectivity index (χ0v) is 14.7. The lowest BCUT2D eigenvalue weighted by molar-refractivity contribution is 0.0174. The molecule has 23 heavy (non-hydrogen) atoms. The van der Waals surface area contributed by atoms with E-state index in [1.807, 2.05) is 25.7 Å². The van der Waals surface area contributed by atoms with Gasteiger partial charge in [0.1, 0.15) is 5.60 Å². The Kier molecular flexibility index (Phi) is 5.72. The van der Waals surface area contributed by atoms with E-state index < -0.39 is 5.60 Å². The van der Waals surface area contributed by atoms with Crippen molar-refractivity contribution in [2.45, 2.75) is 51.6 Å². The molecule has 1 unspecified atom stereocenters. The van der Waals surface area contributed by atoms with Gasteiger partial charge >= 0.3 is 6.09 Å². The van der Waals surface area contributed by atoms with Crippen LogP contribution >= 0.6 is 0 Å². The Balaban J connectivity index is 1.94. The average Bonchev–Trinajstić information content (AvgIpc) is 2.49. The average molecular weight is 315 g/mol. The van der Waals surface area contributed by atoms with Gasteiger partial charge in [0, 0.05) is 13.1 Å². The number of ether oxygens (including phenoxy) is 1. The minimum Gasteiger partial charge on any atom is -0.444 e. The molecule has 1 amide bonds. The summed E-state index contributed by atoms with van der Waals surface area (Å²) in [5.41, 5.74) is 1.94. The lowest BCUT2D eigenvalue weighted by atomic mass is 9.78. The van der Waals surface area contributed by atoms with Crippen LogP contribution in [0.4, 0.5) is 4.79 Å². The van der Waals surface area contributed by atoms with Crippen molar-refractivity contribution in [1.29, 1.82) is 0 Å². The maximum Gasteiger partial charge on any atom is 0.410 e. The molecule has 0 aromatic heterocycles. The van der Waals surface area contributed by atoms with E-state index in [0.717, 1.165) is 37.9 Å². The van der Waals surface area contributed by atoms with Crippen molar-refractivity contribution >= 4 is 6.09 Å². The highest BCUT2D eigenvalue weighted by atomic mass is 16.6. The molecule has 1 fully saturated rings. The summed E-state index contributed by atoms with van der Waals surface area (Å²) in [5.74, 6) is 1.03. The Morgan fingerprint density at radius 1 is 1.26 bits per heavy atom. The molecule has 0 N–H and O–H groups in total. The summed E-state index contributed by atoms with van der Waals surface area (Å²) < 4.78 is 5.46. The van der Waals surface area contributed by atoms with Gasteiger partial charge in [-0.15, -0.1) is 0 Å². The number of hydrogen-bond acceptors (Lipinski definition) is 2. The number of likely N-dealkylation sites (tertiary alicyclic amines) is 1. The molecule has 1 aromatic rings. The Morgan fingerprint density at radius 3 is 2.30 bits per heavy atom.